The summed E-state index contributed by atoms with van der Waals surface area (Å²) in [7, 11) is 0. The molecule has 3 atom stereocenters. The van der Waals surface area contributed by atoms with Gasteiger partial charge < -0.3 is 15.3 Å². The van der Waals surface area contributed by atoms with E-state index in [-0.39, 0.29) is 23.3 Å². The molecule has 144 valence electrons. The molecule has 1 aromatic rings. The van der Waals surface area contributed by atoms with Gasteiger partial charge in [0.05, 0.1) is 6.10 Å². The Kier molecular flexibility index (Phi) is 5.91. The van der Waals surface area contributed by atoms with E-state index in [1.54, 1.807) is 12.1 Å². The first-order valence-electron chi connectivity index (χ1n) is 9.76. The van der Waals surface area contributed by atoms with Crippen molar-refractivity contribution >= 4 is 0 Å². The number of allylic oxidation sites excluding steroid dienone is 4. The summed E-state index contributed by atoms with van der Waals surface area (Å²) in [4.78, 5) is 0. The summed E-state index contributed by atoms with van der Waals surface area (Å²) in [6.45, 7) is 8.29. The number of aromatic hydroxyl groups is 1. The van der Waals surface area contributed by atoms with Crippen LogP contribution in [0, 0.1) is 11.8 Å². The van der Waals surface area contributed by atoms with Gasteiger partial charge in [0.25, 0.3) is 0 Å². The third-order valence-corrected chi connectivity index (χ3v) is 5.86. The molecule has 1 unspecified atom stereocenters. The molecular formula is C24H30O3. The highest BCUT2D eigenvalue weighted by Gasteiger charge is 2.34. The van der Waals surface area contributed by atoms with Gasteiger partial charge in [-0.1, -0.05) is 41.5 Å². The van der Waals surface area contributed by atoms with Gasteiger partial charge >= 0.3 is 0 Å². The largest absolute Gasteiger partial charge is 0.508 e. The van der Waals surface area contributed by atoms with E-state index in [1.807, 2.05) is 25.1 Å². The van der Waals surface area contributed by atoms with E-state index in [1.165, 1.54) is 5.57 Å². The van der Waals surface area contributed by atoms with Crippen molar-refractivity contribution in [1.29, 1.82) is 0 Å². The standard InChI is InChI=1S/C24H30O3/c1-15(2)20-11-4-16(3)12-21(20)24-22(26)13-18(14-23(24)27)6-5-17-7-9-19(25)10-8-17/h7-10,12-13,20-21,23,25-27H,1,4-6,11,14H2,2-3H3/t20-,21+,23?/m0/s1. The Morgan fingerprint density at radius 1 is 1.15 bits per heavy atom. The van der Waals surface area contributed by atoms with Crippen molar-refractivity contribution in [2.75, 3.05) is 0 Å². The lowest BCUT2D eigenvalue weighted by Crippen LogP contribution is -2.29. The summed E-state index contributed by atoms with van der Waals surface area (Å²) < 4.78 is 0. The highest BCUT2D eigenvalue weighted by molar-refractivity contribution is 5.38. The van der Waals surface area contributed by atoms with Gasteiger partial charge in [-0.05, 0) is 75.6 Å². The maximum Gasteiger partial charge on any atom is 0.117 e. The Labute approximate surface area is 162 Å². The molecule has 0 heterocycles. The summed E-state index contributed by atoms with van der Waals surface area (Å²) >= 11 is 0. The molecule has 0 aliphatic heterocycles. The molecule has 0 saturated heterocycles. The van der Waals surface area contributed by atoms with Crippen molar-refractivity contribution in [2.24, 2.45) is 11.8 Å². The van der Waals surface area contributed by atoms with Crippen molar-refractivity contribution < 1.29 is 15.3 Å². The van der Waals surface area contributed by atoms with Crippen molar-refractivity contribution in [1.82, 2.24) is 0 Å². The van der Waals surface area contributed by atoms with Crippen LogP contribution in [0.5, 0.6) is 5.75 Å². The predicted octanol–water partition coefficient (Wildman–Crippen LogP) is 5.38. The van der Waals surface area contributed by atoms with Gasteiger partial charge in [-0.15, -0.1) is 0 Å². The van der Waals surface area contributed by atoms with Crippen molar-refractivity contribution in [3.8, 4) is 5.75 Å². The maximum atomic E-state index is 10.8. The van der Waals surface area contributed by atoms with E-state index < -0.39 is 6.10 Å². The smallest absolute Gasteiger partial charge is 0.117 e. The average molecular weight is 367 g/mol. The zero-order chi connectivity index (χ0) is 19.6. The highest BCUT2D eigenvalue weighted by Crippen LogP contribution is 2.42. The number of aliphatic hydroxyl groups excluding tert-OH is 2. The molecule has 3 rings (SSSR count). The second-order valence-electron chi connectivity index (χ2n) is 8.06. The Bertz CT molecular complexity index is 795. The van der Waals surface area contributed by atoms with E-state index in [2.05, 4.69) is 19.6 Å². The molecule has 0 saturated carbocycles. The molecule has 3 nitrogen and oxygen atoms in total. The summed E-state index contributed by atoms with van der Waals surface area (Å²) in [6, 6.07) is 7.18. The van der Waals surface area contributed by atoms with Gasteiger partial charge in [0.2, 0.25) is 0 Å². The minimum absolute atomic E-state index is 0.0288. The van der Waals surface area contributed by atoms with Crippen LogP contribution in [0.2, 0.25) is 0 Å². The zero-order valence-corrected chi connectivity index (χ0v) is 16.3. The first-order valence-corrected chi connectivity index (χ1v) is 9.76. The molecule has 0 aromatic heterocycles. The molecule has 1 aromatic carbocycles. The molecule has 2 aliphatic carbocycles. The van der Waals surface area contributed by atoms with Crippen LogP contribution in [0.25, 0.3) is 0 Å². The van der Waals surface area contributed by atoms with Gasteiger partial charge in [-0.2, -0.15) is 0 Å². The first kappa shape index (κ1) is 19.5. The second-order valence-corrected chi connectivity index (χ2v) is 8.06. The second kappa shape index (κ2) is 8.18. The Hall–Kier alpha value is -2.26. The summed E-state index contributed by atoms with van der Waals surface area (Å²) in [5, 5.41) is 30.9. The fourth-order valence-electron chi connectivity index (χ4n) is 4.33. The topological polar surface area (TPSA) is 60.7 Å². The van der Waals surface area contributed by atoms with Crippen molar-refractivity contribution in [3.63, 3.8) is 0 Å². The summed E-state index contributed by atoms with van der Waals surface area (Å²) in [6.07, 6.45) is 7.61. The Balaban J connectivity index is 1.80. The minimum Gasteiger partial charge on any atom is -0.508 e. The number of benzene rings is 1. The van der Waals surface area contributed by atoms with E-state index >= 15 is 0 Å². The van der Waals surface area contributed by atoms with Crippen LogP contribution in [-0.2, 0) is 6.42 Å². The van der Waals surface area contributed by atoms with Gasteiger partial charge in [0, 0.05) is 11.5 Å². The highest BCUT2D eigenvalue weighted by atomic mass is 16.3. The van der Waals surface area contributed by atoms with Crippen LogP contribution in [0.15, 0.2) is 71.0 Å². The van der Waals surface area contributed by atoms with Crippen LogP contribution in [0.4, 0.5) is 0 Å². The Morgan fingerprint density at radius 2 is 1.85 bits per heavy atom. The van der Waals surface area contributed by atoms with Crippen molar-refractivity contribution in [2.45, 2.75) is 52.1 Å². The summed E-state index contributed by atoms with van der Waals surface area (Å²) in [5.41, 5.74) is 5.35. The molecule has 3 N–H and O–H groups in total. The fourth-order valence-corrected chi connectivity index (χ4v) is 4.33. The predicted molar refractivity (Wildman–Crippen MR) is 110 cm³/mol. The number of aryl methyl sites for hydroxylation is 1. The number of rotatable bonds is 5. The van der Waals surface area contributed by atoms with Crippen LogP contribution < -0.4 is 0 Å². The first-order chi connectivity index (χ1) is 12.8. The molecule has 0 fully saturated rings. The Morgan fingerprint density at radius 3 is 2.48 bits per heavy atom. The number of hydrogen-bond acceptors (Lipinski definition) is 3. The lowest BCUT2D eigenvalue weighted by molar-refractivity contribution is 0.179. The lowest BCUT2D eigenvalue weighted by atomic mass is 9.70. The molecule has 3 heteroatoms. The molecule has 0 radical (unpaired) electrons. The quantitative estimate of drug-likeness (QED) is 0.613. The third kappa shape index (κ3) is 4.54. The van der Waals surface area contributed by atoms with Crippen LogP contribution in [-0.4, -0.2) is 21.4 Å². The molecule has 0 bridgehead atoms. The van der Waals surface area contributed by atoms with E-state index in [4.69, 9.17) is 0 Å². The monoisotopic (exact) mass is 366 g/mol. The SMILES string of the molecule is C=C(C)[C@@H]1CCC(C)=C[C@H]1C1=C(O)C=C(CCc2ccc(O)cc2)CC1O. The summed E-state index contributed by atoms with van der Waals surface area (Å²) in [5.74, 6) is 0.782. The minimum atomic E-state index is -0.654. The van der Waals surface area contributed by atoms with Crippen LogP contribution in [0.1, 0.15) is 45.1 Å². The maximum absolute atomic E-state index is 10.8. The molecular weight excluding hydrogens is 336 g/mol. The number of aliphatic hydroxyl groups is 2. The van der Waals surface area contributed by atoms with E-state index in [0.29, 0.717) is 6.42 Å². The molecule has 27 heavy (non-hydrogen) atoms. The molecule has 0 amide bonds. The lowest BCUT2D eigenvalue weighted by Gasteiger charge is -2.35. The van der Waals surface area contributed by atoms with Crippen LogP contribution in [0.3, 0.4) is 0 Å². The molecule has 0 spiro atoms. The van der Waals surface area contributed by atoms with Crippen LogP contribution >= 0.6 is 0 Å². The van der Waals surface area contributed by atoms with Gasteiger partial charge in [-0.3, -0.25) is 0 Å². The van der Waals surface area contributed by atoms with Gasteiger partial charge in [0.15, 0.2) is 0 Å². The van der Waals surface area contributed by atoms with Gasteiger partial charge in [-0.25, -0.2) is 0 Å². The fraction of sp³-hybridized carbons (Fsp3) is 0.417. The number of phenolic OH excluding ortho intramolecular Hbond substituents is 1. The average Bonchev–Trinajstić information content (AvgIpc) is 2.60. The number of phenols is 1. The zero-order valence-electron chi connectivity index (χ0n) is 16.3. The van der Waals surface area contributed by atoms with E-state index in [9.17, 15) is 15.3 Å². The molecule has 2 aliphatic rings. The third-order valence-electron chi connectivity index (χ3n) is 5.86. The van der Waals surface area contributed by atoms with E-state index in [0.717, 1.165) is 48.0 Å². The normalized spacial score (nSPS) is 25.8. The van der Waals surface area contributed by atoms with Crippen molar-refractivity contribution in [3.05, 3.63) is 76.6 Å². The number of hydrogen-bond donors (Lipinski definition) is 3. The van der Waals surface area contributed by atoms with Gasteiger partial charge in [0.1, 0.15) is 11.5 Å².